The van der Waals surface area contributed by atoms with Crippen LogP contribution in [0.15, 0.2) is 46.9 Å². The molecule has 3 nitrogen and oxygen atoms in total. The highest BCUT2D eigenvalue weighted by Crippen LogP contribution is 2.27. The van der Waals surface area contributed by atoms with E-state index in [-0.39, 0.29) is 0 Å². The highest BCUT2D eigenvalue weighted by atomic mass is 79.9. The topological polar surface area (TPSA) is 48.1 Å². The van der Waals surface area contributed by atoms with Crippen LogP contribution in [0.5, 0.6) is 5.75 Å². The molecule has 0 atom stereocenters. The van der Waals surface area contributed by atoms with E-state index in [0.717, 1.165) is 19.7 Å². The first-order chi connectivity index (χ1) is 9.22. The van der Waals surface area contributed by atoms with Gasteiger partial charge in [0, 0.05) is 4.47 Å². The molecule has 0 fully saturated rings. The van der Waals surface area contributed by atoms with E-state index >= 15 is 0 Å². The van der Waals surface area contributed by atoms with E-state index in [1.54, 1.807) is 11.3 Å². The van der Waals surface area contributed by atoms with Crippen LogP contribution in [-0.2, 0) is 6.61 Å². The van der Waals surface area contributed by atoms with Crippen molar-refractivity contribution in [2.24, 2.45) is 0 Å². The lowest BCUT2D eigenvalue weighted by atomic mass is 10.3. The number of hydrogen-bond acceptors (Lipinski definition) is 4. The average molecular weight is 335 g/mol. The molecule has 3 aromatic rings. The zero-order valence-corrected chi connectivity index (χ0v) is 12.4. The Labute approximate surface area is 123 Å². The van der Waals surface area contributed by atoms with Crippen LogP contribution in [0.3, 0.4) is 0 Å². The number of halogens is 1. The third-order valence-electron chi connectivity index (χ3n) is 2.66. The summed E-state index contributed by atoms with van der Waals surface area (Å²) in [7, 11) is 0. The van der Waals surface area contributed by atoms with Crippen molar-refractivity contribution in [1.29, 1.82) is 0 Å². The Bertz CT molecular complexity index is 726. The van der Waals surface area contributed by atoms with Gasteiger partial charge in [0.05, 0.1) is 15.9 Å². The molecule has 0 aliphatic carbocycles. The van der Waals surface area contributed by atoms with Crippen molar-refractivity contribution in [2.75, 3.05) is 5.73 Å². The molecule has 1 aromatic heterocycles. The quantitative estimate of drug-likeness (QED) is 0.729. The van der Waals surface area contributed by atoms with Crippen molar-refractivity contribution in [3.05, 3.63) is 51.9 Å². The van der Waals surface area contributed by atoms with E-state index in [4.69, 9.17) is 10.5 Å². The first-order valence-corrected chi connectivity index (χ1v) is 7.35. The zero-order chi connectivity index (χ0) is 13.2. The van der Waals surface area contributed by atoms with E-state index in [1.165, 1.54) is 0 Å². The molecule has 0 aliphatic heterocycles. The number of nitrogens with two attached hydrogens (primary N) is 1. The van der Waals surface area contributed by atoms with E-state index in [1.807, 2.05) is 36.4 Å². The molecule has 1 heterocycles. The minimum Gasteiger partial charge on any atom is -0.484 e. The number of ether oxygens (including phenoxy) is 1. The van der Waals surface area contributed by atoms with Gasteiger partial charge in [-0.25, -0.2) is 4.98 Å². The van der Waals surface area contributed by atoms with Crippen LogP contribution in [0, 0.1) is 0 Å². The molecule has 3 rings (SSSR count). The number of thiazole rings is 1. The summed E-state index contributed by atoms with van der Waals surface area (Å²) in [6.07, 6.45) is 0. The predicted octanol–water partition coefficient (Wildman–Crippen LogP) is 4.22. The minimum absolute atomic E-state index is 0.436. The number of nitrogen functional groups attached to an aromatic ring is 1. The monoisotopic (exact) mass is 334 g/mol. The molecule has 0 bridgehead atoms. The van der Waals surface area contributed by atoms with Crippen LogP contribution in [-0.4, -0.2) is 4.98 Å². The largest absolute Gasteiger partial charge is 0.484 e. The van der Waals surface area contributed by atoms with Crippen LogP contribution < -0.4 is 10.5 Å². The fourth-order valence-electron chi connectivity index (χ4n) is 1.76. The van der Waals surface area contributed by atoms with Crippen molar-refractivity contribution in [3.8, 4) is 5.75 Å². The first-order valence-electron chi connectivity index (χ1n) is 5.74. The molecule has 96 valence electrons. The van der Waals surface area contributed by atoms with Gasteiger partial charge in [-0.1, -0.05) is 28.1 Å². The molecule has 2 N–H and O–H groups in total. The summed E-state index contributed by atoms with van der Waals surface area (Å²) in [5.41, 5.74) is 7.46. The molecule has 5 heteroatoms. The number of nitrogens with zero attached hydrogens (tertiary/aromatic N) is 1. The van der Waals surface area contributed by atoms with Crippen molar-refractivity contribution in [1.82, 2.24) is 4.98 Å². The van der Waals surface area contributed by atoms with Crippen LogP contribution in [0.2, 0.25) is 0 Å². The fourth-order valence-corrected chi connectivity index (χ4v) is 2.97. The zero-order valence-electron chi connectivity index (χ0n) is 9.97. The summed E-state index contributed by atoms with van der Waals surface area (Å²) in [5, 5.41) is 0.941. The van der Waals surface area contributed by atoms with Crippen molar-refractivity contribution >= 4 is 43.2 Å². The Balaban J connectivity index is 1.80. The van der Waals surface area contributed by atoms with Gasteiger partial charge in [-0.3, -0.25) is 0 Å². The second-order valence-corrected chi connectivity index (χ2v) is 6.08. The molecular weight excluding hydrogens is 324 g/mol. The van der Waals surface area contributed by atoms with Crippen LogP contribution >= 0.6 is 27.3 Å². The lowest BCUT2D eigenvalue weighted by molar-refractivity contribution is 0.307. The second kappa shape index (κ2) is 5.19. The van der Waals surface area contributed by atoms with Crippen LogP contribution in [0.1, 0.15) is 5.01 Å². The van der Waals surface area contributed by atoms with E-state index in [2.05, 4.69) is 27.0 Å². The Morgan fingerprint density at radius 2 is 2.05 bits per heavy atom. The number of anilines is 1. The maximum Gasteiger partial charge on any atom is 0.142 e. The number of fused-ring (bicyclic) bond motifs is 1. The van der Waals surface area contributed by atoms with Crippen LogP contribution in [0.25, 0.3) is 10.2 Å². The van der Waals surface area contributed by atoms with Gasteiger partial charge in [0.25, 0.3) is 0 Å². The van der Waals surface area contributed by atoms with Gasteiger partial charge >= 0.3 is 0 Å². The van der Waals surface area contributed by atoms with Gasteiger partial charge in [0.1, 0.15) is 17.4 Å². The second-order valence-electron chi connectivity index (χ2n) is 4.05. The molecule has 2 aromatic carbocycles. The van der Waals surface area contributed by atoms with Crippen LogP contribution in [0.4, 0.5) is 5.69 Å². The maximum absolute atomic E-state index is 5.83. The summed E-state index contributed by atoms with van der Waals surface area (Å²) in [4.78, 5) is 4.54. The Kier molecular flexibility index (Phi) is 3.40. The third kappa shape index (κ3) is 2.72. The number of benzene rings is 2. The summed E-state index contributed by atoms with van der Waals surface area (Å²) in [6.45, 7) is 0.436. The molecule has 19 heavy (non-hydrogen) atoms. The SMILES string of the molecule is Nc1ccccc1OCc1nc2cc(Br)ccc2s1. The lowest BCUT2D eigenvalue weighted by Crippen LogP contribution is -1.97. The molecule has 0 radical (unpaired) electrons. The summed E-state index contributed by atoms with van der Waals surface area (Å²) in [6, 6.07) is 13.5. The average Bonchev–Trinajstić information content (AvgIpc) is 2.79. The number of rotatable bonds is 3. The Morgan fingerprint density at radius 1 is 1.21 bits per heavy atom. The molecule has 0 saturated carbocycles. The van der Waals surface area contributed by atoms with Crippen molar-refractivity contribution in [3.63, 3.8) is 0 Å². The number of hydrogen-bond donors (Lipinski definition) is 1. The summed E-state index contributed by atoms with van der Waals surface area (Å²) >= 11 is 5.08. The molecule has 0 spiro atoms. The highest BCUT2D eigenvalue weighted by Gasteiger charge is 2.06. The summed E-state index contributed by atoms with van der Waals surface area (Å²) in [5.74, 6) is 0.697. The fraction of sp³-hybridized carbons (Fsp3) is 0.0714. The number of aromatic nitrogens is 1. The molecule has 0 aliphatic rings. The lowest BCUT2D eigenvalue weighted by Gasteiger charge is -2.06. The predicted molar refractivity (Wildman–Crippen MR) is 82.5 cm³/mol. The molecular formula is C14H11BrN2OS. The maximum atomic E-state index is 5.83. The van der Waals surface area contributed by atoms with Gasteiger partial charge in [0.2, 0.25) is 0 Å². The van der Waals surface area contributed by atoms with Crippen molar-refractivity contribution in [2.45, 2.75) is 6.61 Å². The molecule has 0 unspecified atom stereocenters. The Morgan fingerprint density at radius 3 is 2.89 bits per heavy atom. The minimum atomic E-state index is 0.436. The first kappa shape index (κ1) is 12.4. The van der Waals surface area contributed by atoms with E-state index in [0.29, 0.717) is 18.0 Å². The van der Waals surface area contributed by atoms with Gasteiger partial charge in [-0.2, -0.15) is 0 Å². The standard InChI is InChI=1S/C14H11BrN2OS/c15-9-5-6-13-11(7-9)17-14(19-13)8-18-12-4-2-1-3-10(12)16/h1-7H,8,16H2. The van der Waals surface area contributed by atoms with Crippen molar-refractivity contribution < 1.29 is 4.74 Å². The van der Waals surface area contributed by atoms with E-state index in [9.17, 15) is 0 Å². The normalized spacial score (nSPS) is 10.8. The smallest absolute Gasteiger partial charge is 0.142 e. The third-order valence-corrected chi connectivity index (χ3v) is 4.17. The van der Waals surface area contributed by atoms with E-state index < -0.39 is 0 Å². The van der Waals surface area contributed by atoms with Gasteiger partial charge in [-0.15, -0.1) is 11.3 Å². The van der Waals surface area contributed by atoms with Gasteiger partial charge in [-0.05, 0) is 30.3 Å². The molecule has 0 amide bonds. The number of para-hydroxylation sites is 2. The highest BCUT2D eigenvalue weighted by molar-refractivity contribution is 9.10. The van der Waals surface area contributed by atoms with Gasteiger partial charge in [0.15, 0.2) is 0 Å². The Hall–Kier alpha value is -1.59. The molecule has 0 saturated heterocycles. The summed E-state index contributed by atoms with van der Waals surface area (Å²) < 4.78 is 7.88. The van der Waals surface area contributed by atoms with Gasteiger partial charge < -0.3 is 10.5 Å².